The van der Waals surface area contributed by atoms with Gasteiger partial charge in [-0.05, 0) is 80.7 Å². The van der Waals surface area contributed by atoms with Crippen LogP contribution in [0.1, 0.15) is 44.1 Å². The summed E-state index contributed by atoms with van der Waals surface area (Å²) in [5.74, 6) is -0.0807. The third-order valence-electron chi connectivity index (χ3n) is 6.67. The highest BCUT2D eigenvalue weighted by Gasteiger charge is 2.27. The summed E-state index contributed by atoms with van der Waals surface area (Å²) < 4.78 is 27.5. The van der Waals surface area contributed by atoms with Crippen molar-refractivity contribution in [3.05, 3.63) is 58.1 Å². The number of amides is 1. The summed E-state index contributed by atoms with van der Waals surface area (Å²) in [6, 6.07) is 12.2. The van der Waals surface area contributed by atoms with Crippen molar-refractivity contribution < 1.29 is 13.2 Å². The van der Waals surface area contributed by atoms with E-state index in [1.54, 1.807) is 28.6 Å². The Morgan fingerprint density at radius 2 is 1.53 bits per heavy atom. The Balaban J connectivity index is 1.29. The van der Waals surface area contributed by atoms with Gasteiger partial charge in [-0.25, -0.2) is 8.42 Å². The molecule has 2 saturated heterocycles. The van der Waals surface area contributed by atoms with Crippen LogP contribution in [-0.2, 0) is 21.4 Å². The van der Waals surface area contributed by atoms with Gasteiger partial charge in [0, 0.05) is 31.2 Å². The maximum absolute atomic E-state index is 12.9. The SMILES string of the molecule is O=C(Nc1ccc(S(=O)(=O)N2CCCCCC2)cc1)C1CCN(Cc2ccc(Cl)c(Cl)c2)CC1. The molecule has 4 rings (SSSR count). The molecule has 0 atom stereocenters. The highest BCUT2D eigenvalue weighted by molar-refractivity contribution is 7.89. The minimum Gasteiger partial charge on any atom is -0.326 e. The number of halogens is 2. The van der Waals surface area contributed by atoms with E-state index in [9.17, 15) is 13.2 Å². The van der Waals surface area contributed by atoms with Crippen LogP contribution < -0.4 is 5.32 Å². The van der Waals surface area contributed by atoms with E-state index in [1.807, 2.05) is 18.2 Å². The lowest BCUT2D eigenvalue weighted by molar-refractivity contribution is -0.121. The zero-order valence-corrected chi connectivity index (χ0v) is 21.5. The van der Waals surface area contributed by atoms with Gasteiger partial charge < -0.3 is 5.32 Å². The first-order valence-electron chi connectivity index (χ1n) is 11.9. The van der Waals surface area contributed by atoms with Crippen molar-refractivity contribution in [2.75, 3.05) is 31.5 Å². The summed E-state index contributed by atoms with van der Waals surface area (Å²) >= 11 is 12.1. The number of anilines is 1. The minimum absolute atomic E-state index is 0.0164. The Hall–Kier alpha value is -1.64. The van der Waals surface area contributed by atoms with Gasteiger partial charge in [0.25, 0.3) is 0 Å². The van der Waals surface area contributed by atoms with Crippen molar-refractivity contribution in [3.8, 4) is 0 Å². The third-order valence-corrected chi connectivity index (χ3v) is 9.33. The van der Waals surface area contributed by atoms with Gasteiger partial charge in [0.1, 0.15) is 0 Å². The van der Waals surface area contributed by atoms with Crippen LogP contribution in [0.15, 0.2) is 47.4 Å². The molecule has 1 amide bonds. The number of nitrogens with one attached hydrogen (secondary N) is 1. The molecule has 2 aromatic carbocycles. The van der Waals surface area contributed by atoms with Gasteiger partial charge in [-0.2, -0.15) is 4.31 Å². The van der Waals surface area contributed by atoms with Crippen molar-refractivity contribution in [3.63, 3.8) is 0 Å². The van der Waals surface area contributed by atoms with E-state index in [2.05, 4.69) is 10.2 Å². The smallest absolute Gasteiger partial charge is 0.243 e. The van der Waals surface area contributed by atoms with Crippen LogP contribution in [0.5, 0.6) is 0 Å². The number of hydrogen-bond donors (Lipinski definition) is 1. The fraction of sp³-hybridized carbons (Fsp3) is 0.480. The van der Waals surface area contributed by atoms with E-state index < -0.39 is 10.0 Å². The van der Waals surface area contributed by atoms with E-state index in [4.69, 9.17) is 23.2 Å². The molecule has 0 aromatic heterocycles. The summed E-state index contributed by atoms with van der Waals surface area (Å²) in [6.45, 7) is 3.57. The van der Waals surface area contributed by atoms with Crippen LogP contribution in [0.4, 0.5) is 5.69 Å². The molecule has 0 bridgehead atoms. The number of carbonyl (C=O) groups excluding carboxylic acids is 1. The topological polar surface area (TPSA) is 69.7 Å². The van der Waals surface area contributed by atoms with Crippen molar-refractivity contribution in [1.29, 1.82) is 0 Å². The second-order valence-electron chi connectivity index (χ2n) is 9.13. The standard InChI is InChI=1S/C25H31Cl2N3O3S/c26-23-10-5-19(17-24(23)27)18-29-15-11-20(12-16-29)25(31)28-21-6-8-22(9-7-21)34(32,33)30-13-3-1-2-4-14-30/h5-10,17,20H,1-4,11-16,18H2,(H,28,31). The minimum atomic E-state index is -3.49. The van der Waals surface area contributed by atoms with Crippen molar-refractivity contribution in [2.45, 2.75) is 50.0 Å². The lowest BCUT2D eigenvalue weighted by atomic mass is 9.95. The Kier molecular flexibility index (Phi) is 8.53. The lowest BCUT2D eigenvalue weighted by Gasteiger charge is -2.31. The number of carbonyl (C=O) groups is 1. The van der Waals surface area contributed by atoms with E-state index in [0.717, 1.165) is 63.7 Å². The number of sulfonamides is 1. The van der Waals surface area contributed by atoms with Crippen molar-refractivity contribution in [1.82, 2.24) is 9.21 Å². The quantitative estimate of drug-likeness (QED) is 0.549. The van der Waals surface area contributed by atoms with Crippen LogP contribution >= 0.6 is 23.2 Å². The van der Waals surface area contributed by atoms with E-state index in [0.29, 0.717) is 28.8 Å². The third kappa shape index (κ3) is 6.32. The highest BCUT2D eigenvalue weighted by Crippen LogP contribution is 2.26. The molecule has 2 fully saturated rings. The molecule has 2 heterocycles. The number of benzene rings is 2. The van der Waals surface area contributed by atoms with Crippen LogP contribution in [0, 0.1) is 5.92 Å². The Labute approximate surface area is 212 Å². The molecule has 184 valence electrons. The van der Waals surface area contributed by atoms with E-state index in [1.165, 1.54) is 0 Å². The Bertz CT molecular complexity index is 1090. The van der Waals surface area contributed by atoms with Gasteiger partial charge in [-0.15, -0.1) is 0 Å². The van der Waals surface area contributed by atoms with E-state index in [-0.39, 0.29) is 16.7 Å². The van der Waals surface area contributed by atoms with Crippen LogP contribution in [0.3, 0.4) is 0 Å². The molecular formula is C25H31Cl2N3O3S. The zero-order chi connectivity index (χ0) is 24.1. The molecule has 0 saturated carbocycles. The second kappa shape index (κ2) is 11.4. The molecule has 0 unspecified atom stereocenters. The summed E-state index contributed by atoms with van der Waals surface area (Å²) in [4.78, 5) is 15.4. The average molecular weight is 525 g/mol. The monoisotopic (exact) mass is 523 g/mol. The number of piperidine rings is 1. The Morgan fingerprint density at radius 1 is 0.882 bits per heavy atom. The molecule has 34 heavy (non-hydrogen) atoms. The molecule has 2 aromatic rings. The van der Waals surface area contributed by atoms with Crippen LogP contribution in [-0.4, -0.2) is 49.7 Å². The zero-order valence-electron chi connectivity index (χ0n) is 19.2. The number of nitrogens with zero attached hydrogens (tertiary/aromatic N) is 2. The van der Waals surface area contributed by atoms with Crippen molar-refractivity contribution >= 4 is 44.8 Å². The number of likely N-dealkylation sites (tertiary alicyclic amines) is 1. The van der Waals surface area contributed by atoms with Gasteiger partial charge in [-0.3, -0.25) is 9.69 Å². The molecule has 6 nitrogen and oxygen atoms in total. The second-order valence-corrected chi connectivity index (χ2v) is 11.9. The van der Waals surface area contributed by atoms with Gasteiger partial charge in [0.15, 0.2) is 0 Å². The van der Waals surface area contributed by atoms with Crippen LogP contribution in [0.2, 0.25) is 10.0 Å². The predicted molar refractivity (Wildman–Crippen MR) is 137 cm³/mol. The molecular weight excluding hydrogens is 493 g/mol. The van der Waals surface area contributed by atoms with Crippen LogP contribution in [0.25, 0.3) is 0 Å². The van der Waals surface area contributed by atoms with E-state index >= 15 is 0 Å². The fourth-order valence-corrected chi connectivity index (χ4v) is 6.47. The largest absolute Gasteiger partial charge is 0.326 e. The molecule has 2 aliphatic rings. The molecule has 2 aliphatic heterocycles. The number of rotatable bonds is 6. The Morgan fingerprint density at radius 3 is 2.15 bits per heavy atom. The first-order chi connectivity index (χ1) is 16.3. The summed E-state index contributed by atoms with van der Waals surface area (Å²) in [5, 5.41) is 4.06. The molecule has 9 heteroatoms. The maximum atomic E-state index is 12.9. The predicted octanol–water partition coefficient (Wildman–Crippen LogP) is 5.41. The molecule has 0 radical (unpaired) electrons. The van der Waals surface area contributed by atoms with Gasteiger partial charge in [-0.1, -0.05) is 42.1 Å². The maximum Gasteiger partial charge on any atom is 0.243 e. The summed E-state index contributed by atoms with van der Waals surface area (Å²) in [7, 11) is -3.49. The molecule has 1 N–H and O–H groups in total. The summed E-state index contributed by atoms with van der Waals surface area (Å²) in [6.07, 6.45) is 5.50. The van der Waals surface area contributed by atoms with Crippen molar-refractivity contribution in [2.24, 2.45) is 5.92 Å². The molecule has 0 aliphatic carbocycles. The van der Waals surface area contributed by atoms with Gasteiger partial charge in [0.2, 0.25) is 15.9 Å². The van der Waals surface area contributed by atoms with Gasteiger partial charge >= 0.3 is 0 Å². The molecule has 0 spiro atoms. The lowest BCUT2D eigenvalue weighted by Crippen LogP contribution is -2.37. The number of hydrogen-bond acceptors (Lipinski definition) is 4. The fourth-order valence-electron chi connectivity index (χ4n) is 4.64. The average Bonchev–Trinajstić information content (AvgIpc) is 3.13. The highest BCUT2D eigenvalue weighted by atomic mass is 35.5. The first-order valence-corrected chi connectivity index (χ1v) is 14.1. The first kappa shape index (κ1) is 25.5. The summed E-state index contributed by atoms with van der Waals surface area (Å²) in [5.41, 5.74) is 1.73. The van der Waals surface area contributed by atoms with Gasteiger partial charge in [0.05, 0.1) is 14.9 Å². The normalized spacial score (nSPS) is 19.0.